The smallest absolute Gasteiger partial charge is 0.306 e. The van der Waals surface area contributed by atoms with Gasteiger partial charge in [-0.25, -0.2) is 0 Å². The molecular formula is C15H22O4. The summed E-state index contributed by atoms with van der Waals surface area (Å²) in [7, 11) is 0. The Kier molecular flexibility index (Phi) is 3.50. The summed E-state index contributed by atoms with van der Waals surface area (Å²) >= 11 is 0. The molecule has 0 spiro atoms. The van der Waals surface area contributed by atoms with Gasteiger partial charge in [-0.1, -0.05) is 0 Å². The van der Waals surface area contributed by atoms with Crippen molar-refractivity contribution in [3.63, 3.8) is 0 Å². The van der Waals surface area contributed by atoms with Gasteiger partial charge in [-0.05, 0) is 62.2 Å². The Morgan fingerprint density at radius 1 is 0.947 bits per heavy atom. The molecule has 0 amide bonds. The molecule has 4 fully saturated rings. The van der Waals surface area contributed by atoms with Crippen molar-refractivity contribution in [3.05, 3.63) is 0 Å². The molecule has 4 heteroatoms. The van der Waals surface area contributed by atoms with Gasteiger partial charge in [-0.15, -0.1) is 0 Å². The van der Waals surface area contributed by atoms with Gasteiger partial charge in [-0.2, -0.15) is 0 Å². The first-order chi connectivity index (χ1) is 9.11. The predicted molar refractivity (Wildman–Crippen MR) is 68.4 cm³/mol. The highest BCUT2D eigenvalue weighted by molar-refractivity contribution is 5.71. The summed E-state index contributed by atoms with van der Waals surface area (Å²) in [6, 6.07) is 0. The average Bonchev–Trinajstić information content (AvgIpc) is 2.32. The van der Waals surface area contributed by atoms with Crippen LogP contribution in [0.15, 0.2) is 0 Å². The van der Waals surface area contributed by atoms with E-state index in [9.17, 15) is 9.59 Å². The fraction of sp³-hybridized carbons (Fsp3) is 0.867. The number of carboxylic acids is 1. The number of carbonyl (C=O) groups is 2. The van der Waals surface area contributed by atoms with E-state index in [1.54, 1.807) is 0 Å². The van der Waals surface area contributed by atoms with Crippen LogP contribution >= 0.6 is 0 Å². The normalized spacial score (nSPS) is 39.3. The number of ether oxygens (including phenoxy) is 1. The topological polar surface area (TPSA) is 63.6 Å². The summed E-state index contributed by atoms with van der Waals surface area (Å²) in [5.74, 6) is 1.88. The molecule has 0 aromatic heterocycles. The van der Waals surface area contributed by atoms with Crippen LogP contribution in [0.2, 0.25) is 0 Å². The quantitative estimate of drug-likeness (QED) is 0.777. The summed E-state index contributed by atoms with van der Waals surface area (Å²) in [5.41, 5.74) is 0. The first-order valence-corrected chi connectivity index (χ1v) is 7.53. The number of hydrogen-bond donors (Lipinski definition) is 1. The molecular weight excluding hydrogens is 244 g/mol. The summed E-state index contributed by atoms with van der Waals surface area (Å²) in [6.07, 6.45) is 7.16. The predicted octanol–water partition coefficient (Wildman–Crippen LogP) is 2.61. The molecule has 0 unspecified atom stereocenters. The Hall–Kier alpha value is -1.06. The molecule has 0 saturated heterocycles. The molecule has 0 atom stereocenters. The minimum atomic E-state index is -0.845. The Labute approximate surface area is 113 Å². The maximum atomic E-state index is 11.8. The Bertz CT molecular complexity index is 348. The lowest BCUT2D eigenvalue weighted by Gasteiger charge is -2.53. The zero-order chi connectivity index (χ0) is 13.4. The van der Waals surface area contributed by atoms with E-state index in [4.69, 9.17) is 9.84 Å². The maximum Gasteiger partial charge on any atom is 0.306 e. The van der Waals surface area contributed by atoms with Crippen LogP contribution in [-0.2, 0) is 14.3 Å². The second-order valence-electron chi connectivity index (χ2n) is 6.63. The molecule has 4 aliphatic carbocycles. The second kappa shape index (κ2) is 5.14. The largest absolute Gasteiger partial charge is 0.481 e. The van der Waals surface area contributed by atoms with Crippen molar-refractivity contribution < 1.29 is 19.4 Å². The molecule has 0 heterocycles. The number of rotatable bonds is 5. The number of carboxylic acid groups (broad SMARTS) is 1. The second-order valence-corrected chi connectivity index (χ2v) is 6.63. The molecule has 0 radical (unpaired) electrons. The molecule has 0 aromatic rings. The van der Waals surface area contributed by atoms with Crippen molar-refractivity contribution in [2.24, 2.45) is 23.7 Å². The van der Waals surface area contributed by atoms with Crippen LogP contribution in [0.3, 0.4) is 0 Å². The molecule has 4 saturated carbocycles. The Morgan fingerprint density at radius 3 is 2.05 bits per heavy atom. The van der Waals surface area contributed by atoms with Gasteiger partial charge in [0.05, 0.1) is 0 Å². The number of carbonyl (C=O) groups excluding carboxylic acids is 1. The molecule has 0 aliphatic heterocycles. The highest BCUT2D eigenvalue weighted by Gasteiger charge is 2.49. The number of aliphatic carboxylic acids is 1. The molecule has 106 valence electrons. The van der Waals surface area contributed by atoms with Crippen molar-refractivity contribution >= 4 is 11.9 Å². The van der Waals surface area contributed by atoms with Gasteiger partial charge in [0.2, 0.25) is 0 Å². The van der Waals surface area contributed by atoms with Crippen molar-refractivity contribution in [2.75, 3.05) is 0 Å². The third-order valence-corrected chi connectivity index (χ3v) is 5.18. The summed E-state index contributed by atoms with van der Waals surface area (Å²) in [5, 5.41) is 8.56. The molecule has 1 N–H and O–H groups in total. The van der Waals surface area contributed by atoms with E-state index in [0.29, 0.717) is 18.3 Å². The first-order valence-electron chi connectivity index (χ1n) is 7.53. The number of hydrogen-bond acceptors (Lipinski definition) is 3. The fourth-order valence-electron chi connectivity index (χ4n) is 4.66. The van der Waals surface area contributed by atoms with Crippen LogP contribution < -0.4 is 0 Å². The van der Waals surface area contributed by atoms with Gasteiger partial charge >= 0.3 is 11.9 Å². The lowest BCUT2D eigenvalue weighted by atomic mass is 9.55. The molecule has 19 heavy (non-hydrogen) atoms. The Morgan fingerprint density at radius 2 is 1.53 bits per heavy atom. The van der Waals surface area contributed by atoms with Gasteiger partial charge in [0.25, 0.3) is 0 Å². The lowest BCUT2D eigenvalue weighted by molar-refractivity contribution is -0.170. The summed E-state index contributed by atoms with van der Waals surface area (Å²) in [6.45, 7) is 0. The van der Waals surface area contributed by atoms with E-state index in [0.717, 1.165) is 11.8 Å². The van der Waals surface area contributed by atoms with Crippen molar-refractivity contribution in [2.45, 2.75) is 57.5 Å². The Balaban J connectivity index is 1.50. The van der Waals surface area contributed by atoms with E-state index in [-0.39, 0.29) is 24.9 Å². The third kappa shape index (κ3) is 2.77. The van der Waals surface area contributed by atoms with Crippen LogP contribution in [0.4, 0.5) is 0 Å². The first kappa shape index (κ1) is 12.9. The van der Waals surface area contributed by atoms with Crippen molar-refractivity contribution in [1.29, 1.82) is 0 Å². The SMILES string of the molecule is O=C(O)CCCC(=O)OC1C2CC3CC(C2)CC1C3. The van der Waals surface area contributed by atoms with E-state index >= 15 is 0 Å². The van der Waals surface area contributed by atoms with E-state index in [1.165, 1.54) is 32.1 Å². The van der Waals surface area contributed by atoms with Crippen LogP contribution in [-0.4, -0.2) is 23.1 Å². The number of esters is 1. The zero-order valence-electron chi connectivity index (χ0n) is 11.2. The highest BCUT2D eigenvalue weighted by Crippen LogP contribution is 2.54. The fourth-order valence-corrected chi connectivity index (χ4v) is 4.66. The summed E-state index contributed by atoms with van der Waals surface area (Å²) < 4.78 is 5.68. The van der Waals surface area contributed by atoms with Gasteiger partial charge in [0, 0.05) is 12.8 Å². The van der Waals surface area contributed by atoms with Crippen LogP contribution in [0.5, 0.6) is 0 Å². The molecule has 4 aliphatic rings. The van der Waals surface area contributed by atoms with Crippen LogP contribution in [0.1, 0.15) is 51.4 Å². The molecule has 4 nitrogen and oxygen atoms in total. The van der Waals surface area contributed by atoms with E-state index in [1.807, 2.05) is 0 Å². The van der Waals surface area contributed by atoms with Crippen LogP contribution in [0, 0.1) is 23.7 Å². The molecule has 4 bridgehead atoms. The van der Waals surface area contributed by atoms with E-state index < -0.39 is 5.97 Å². The van der Waals surface area contributed by atoms with Gasteiger partial charge in [0.15, 0.2) is 0 Å². The van der Waals surface area contributed by atoms with Crippen molar-refractivity contribution in [3.8, 4) is 0 Å². The minimum Gasteiger partial charge on any atom is -0.481 e. The molecule has 0 aromatic carbocycles. The van der Waals surface area contributed by atoms with Gasteiger partial charge < -0.3 is 9.84 Å². The van der Waals surface area contributed by atoms with Gasteiger partial charge in [-0.3, -0.25) is 9.59 Å². The third-order valence-electron chi connectivity index (χ3n) is 5.18. The zero-order valence-corrected chi connectivity index (χ0v) is 11.2. The van der Waals surface area contributed by atoms with Gasteiger partial charge in [0.1, 0.15) is 6.10 Å². The lowest BCUT2D eigenvalue weighted by Crippen LogP contribution is -2.50. The summed E-state index contributed by atoms with van der Waals surface area (Å²) in [4.78, 5) is 22.2. The monoisotopic (exact) mass is 266 g/mol. The van der Waals surface area contributed by atoms with E-state index in [2.05, 4.69) is 0 Å². The minimum absolute atomic E-state index is 0.0524. The average molecular weight is 266 g/mol. The highest BCUT2D eigenvalue weighted by atomic mass is 16.5. The van der Waals surface area contributed by atoms with Crippen LogP contribution in [0.25, 0.3) is 0 Å². The maximum absolute atomic E-state index is 11.8. The molecule has 4 rings (SSSR count). The van der Waals surface area contributed by atoms with Crippen molar-refractivity contribution in [1.82, 2.24) is 0 Å². The standard InChI is InChI=1S/C15H22O4/c16-13(17)2-1-3-14(18)19-15-11-5-9-4-10(7-11)8-12(15)6-9/h9-12,15H,1-8H2,(H,16,17).